The Labute approximate surface area is 179 Å². The molecule has 0 aliphatic heterocycles. The number of amides is 1. The predicted molar refractivity (Wildman–Crippen MR) is 118 cm³/mol. The summed E-state index contributed by atoms with van der Waals surface area (Å²) < 4.78 is 6.98. The van der Waals surface area contributed by atoms with Gasteiger partial charge in [0, 0.05) is 23.5 Å². The van der Waals surface area contributed by atoms with Crippen LogP contribution in [-0.2, 0) is 18.2 Å². The summed E-state index contributed by atoms with van der Waals surface area (Å²) in [5, 5.41) is 8.74. The molecule has 1 fully saturated rings. The van der Waals surface area contributed by atoms with Crippen LogP contribution in [0.2, 0.25) is 0 Å². The molecular weight excluding hydrogens is 400 g/mol. The van der Waals surface area contributed by atoms with Crippen molar-refractivity contribution in [3.05, 3.63) is 39.0 Å². The van der Waals surface area contributed by atoms with Gasteiger partial charge in [-0.2, -0.15) is 5.10 Å². The largest absolute Gasteiger partial charge is 0.462 e. The average molecular weight is 427 g/mol. The molecule has 1 amide bonds. The first kappa shape index (κ1) is 20.5. The van der Waals surface area contributed by atoms with E-state index in [0.717, 1.165) is 40.1 Å². The van der Waals surface area contributed by atoms with Crippen LogP contribution in [0.4, 0.5) is 5.00 Å². The van der Waals surface area contributed by atoms with Crippen LogP contribution in [-0.4, -0.2) is 33.2 Å². The van der Waals surface area contributed by atoms with Crippen molar-refractivity contribution >= 4 is 39.2 Å². The fraction of sp³-hybridized carbons (Fsp3) is 0.455. The van der Waals surface area contributed by atoms with E-state index in [2.05, 4.69) is 10.4 Å². The summed E-state index contributed by atoms with van der Waals surface area (Å²) in [4.78, 5) is 31.8. The molecule has 0 aromatic carbocycles. The second-order valence-electron chi connectivity index (χ2n) is 7.65. The van der Waals surface area contributed by atoms with E-state index >= 15 is 0 Å². The highest BCUT2D eigenvalue weighted by molar-refractivity contribution is 7.16. The van der Waals surface area contributed by atoms with Crippen molar-refractivity contribution in [2.24, 2.45) is 7.05 Å². The molecule has 1 N–H and O–H groups in total. The van der Waals surface area contributed by atoms with E-state index in [-0.39, 0.29) is 12.5 Å². The average Bonchev–Trinajstić information content (AvgIpc) is 3.45. The molecule has 7 nitrogen and oxygen atoms in total. The zero-order valence-corrected chi connectivity index (χ0v) is 18.8. The minimum Gasteiger partial charge on any atom is -0.462 e. The minimum absolute atomic E-state index is 0.255. The molecule has 3 aromatic heterocycles. The SMILES string of the molecule is CCOC(=O)c1c(NC(=O)c2cc(C3CC3)nc3c2c(C)nn3C)sc(C)c1CC. The van der Waals surface area contributed by atoms with Gasteiger partial charge in [-0.25, -0.2) is 9.78 Å². The summed E-state index contributed by atoms with van der Waals surface area (Å²) in [6, 6.07) is 1.88. The molecule has 30 heavy (non-hydrogen) atoms. The number of anilines is 1. The molecular formula is C22H26N4O3S. The fourth-order valence-corrected chi connectivity index (χ4v) is 5.04. The van der Waals surface area contributed by atoms with Gasteiger partial charge < -0.3 is 10.1 Å². The van der Waals surface area contributed by atoms with Crippen molar-refractivity contribution in [1.29, 1.82) is 0 Å². The Kier molecular flexibility index (Phi) is 5.36. The van der Waals surface area contributed by atoms with Crippen molar-refractivity contribution in [1.82, 2.24) is 14.8 Å². The standard InChI is InChI=1S/C22H26N4O3S/c1-6-14-12(4)30-21(18(14)22(28)29-7-2)24-20(27)15-10-16(13-8-9-13)23-19-17(15)11(3)25-26(19)5/h10,13H,6-9H2,1-5H3,(H,24,27). The maximum absolute atomic E-state index is 13.4. The quantitative estimate of drug-likeness (QED) is 0.586. The van der Waals surface area contributed by atoms with Gasteiger partial charge in [0.05, 0.1) is 28.8 Å². The van der Waals surface area contributed by atoms with Gasteiger partial charge >= 0.3 is 5.97 Å². The van der Waals surface area contributed by atoms with Gasteiger partial charge in [-0.1, -0.05) is 6.92 Å². The lowest BCUT2D eigenvalue weighted by molar-refractivity contribution is 0.0527. The number of carbonyl (C=O) groups is 2. The molecule has 3 aromatic rings. The van der Waals surface area contributed by atoms with Crippen molar-refractivity contribution in [3.63, 3.8) is 0 Å². The number of nitrogens with one attached hydrogen (secondary N) is 1. The van der Waals surface area contributed by atoms with E-state index in [1.807, 2.05) is 33.9 Å². The zero-order valence-electron chi connectivity index (χ0n) is 18.0. The Bertz CT molecular complexity index is 1160. The topological polar surface area (TPSA) is 86.1 Å². The number of ether oxygens (including phenoxy) is 1. The summed E-state index contributed by atoms with van der Waals surface area (Å²) in [5.74, 6) is -0.248. The van der Waals surface area contributed by atoms with Gasteiger partial charge in [0.25, 0.3) is 5.91 Å². The van der Waals surface area contributed by atoms with E-state index in [0.29, 0.717) is 34.1 Å². The highest BCUT2D eigenvalue weighted by Gasteiger charge is 2.29. The first-order valence-electron chi connectivity index (χ1n) is 10.3. The molecule has 1 aliphatic carbocycles. The van der Waals surface area contributed by atoms with Gasteiger partial charge in [0.15, 0.2) is 5.65 Å². The van der Waals surface area contributed by atoms with Crippen LogP contribution in [0.3, 0.4) is 0 Å². The number of hydrogen-bond donors (Lipinski definition) is 1. The third-order valence-corrected chi connectivity index (χ3v) is 6.56. The summed E-state index contributed by atoms with van der Waals surface area (Å²) in [6.45, 7) is 7.90. The first-order valence-corrected chi connectivity index (χ1v) is 11.1. The van der Waals surface area contributed by atoms with Gasteiger partial charge in [0.1, 0.15) is 5.00 Å². The molecule has 0 spiro atoms. The van der Waals surface area contributed by atoms with E-state index in [9.17, 15) is 9.59 Å². The molecule has 158 valence electrons. The number of nitrogens with zero attached hydrogens (tertiary/aromatic N) is 3. The normalized spacial score (nSPS) is 13.6. The van der Waals surface area contributed by atoms with E-state index in [1.165, 1.54) is 11.3 Å². The molecule has 0 unspecified atom stereocenters. The van der Waals surface area contributed by atoms with Crippen LogP contribution in [0.15, 0.2) is 6.07 Å². The molecule has 0 atom stereocenters. The number of carbonyl (C=O) groups excluding carboxylic acids is 2. The molecule has 3 heterocycles. The van der Waals surface area contributed by atoms with Gasteiger partial charge in [0.2, 0.25) is 0 Å². The number of thiophene rings is 1. The molecule has 1 aliphatic rings. The summed E-state index contributed by atoms with van der Waals surface area (Å²) in [7, 11) is 1.84. The second-order valence-corrected chi connectivity index (χ2v) is 8.87. The van der Waals surface area contributed by atoms with Crippen LogP contribution in [0.25, 0.3) is 11.0 Å². The molecule has 4 rings (SSSR count). The lowest BCUT2D eigenvalue weighted by Crippen LogP contribution is -2.16. The van der Waals surface area contributed by atoms with Gasteiger partial charge in [-0.05, 0) is 51.7 Å². The Morgan fingerprint density at radius 3 is 2.67 bits per heavy atom. The number of fused-ring (bicyclic) bond motifs is 1. The van der Waals surface area contributed by atoms with Crippen molar-refractivity contribution in [3.8, 4) is 0 Å². The lowest BCUT2D eigenvalue weighted by Gasteiger charge is -2.10. The number of rotatable bonds is 6. The van der Waals surface area contributed by atoms with Crippen LogP contribution in [0, 0.1) is 13.8 Å². The van der Waals surface area contributed by atoms with Crippen molar-refractivity contribution in [2.45, 2.75) is 52.9 Å². The molecule has 1 saturated carbocycles. The zero-order chi connectivity index (χ0) is 21.6. The first-order chi connectivity index (χ1) is 14.3. The Morgan fingerprint density at radius 2 is 2.03 bits per heavy atom. The highest BCUT2D eigenvalue weighted by Crippen LogP contribution is 2.41. The molecule has 0 saturated heterocycles. The van der Waals surface area contributed by atoms with Gasteiger partial charge in [-0.15, -0.1) is 11.3 Å². The number of aryl methyl sites for hydroxylation is 3. The smallest absolute Gasteiger partial charge is 0.341 e. The van der Waals surface area contributed by atoms with Crippen LogP contribution < -0.4 is 5.32 Å². The highest BCUT2D eigenvalue weighted by atomic mass is 32.1. The van der Waals surface area contributed by atoms with E-state index in [4.69, 9.17) is 9.72 Å². The second kappa shape index (κ2) is 7.83. The van der Waals surface area contributed by atoms with Crippen LogP contribution in [0.1, 0.15) is 75.2 Å². The summed E-state index contributed by atoms with van der Waals surface area (Å²) in [6.07, 6.45) is 2.88. The number of esters is 1. The minimum atomic E-state index is -0.398. The molecule has 8 heteroatoms. The Hall–Kier alpha value is -2.74. The fourth-order valence-electron chi connectivity index (χ4n) is 3.91. The predicted octanol–water partition coefficient (Wildman–Crippen LogP) is 4.52. The summed E-state index contributed by atoms with van der Waals surface area (Å²) in [5.41, 5.74) is 4.33. The van der Waals surface area contributed by atoms with E-state index < -0.39 is 5.97 Å². The Balaban J connectivity index is 1.78. The maximum atomic E-state index is 13.4. The monoisotopic (exact) mass is 426 g/mol. The van der Waals surface area contributed by atoms with Crippen LogP contribution in [0.5, 0.6) is 0 Å². The van der Waals surface area contributed by atoms with Crippen molar-refractivity contribution < 1.29 is 14.3 Å². The lowest BCUT2D eigenvalue weighted by atomic mass is 10.1. The summed E-state index contributed by atoms with van der Waals surface area (Å²) >= 11 is 1.41. The number of pyridine rings is 1. The third-order valence-electron chi connectivity index (χ3n) is 5.50. The van der Waals surface area contributed by atoms with Crippen LogP contribution >= 0.6 is 11.3 Å². The Morgan fingerprint density at radius 1 is 1.30 bits per heavy atom. The third kappa shape index (κ3) is 3.49. The maximum Gasteiger partial charge on any atom is 0.341 e. The molecule has 0 bridgehead atoms. The number of hydrogen-bond acceptors (Lipinski definition) is 6. The number of aromatic nitrogens is 3. The van der Waals surface area contributed by atoms with Crippen molar-refractivity contribution in [2.75, 3.05) is 11.9 Å². The molecule has 0 radical (unpaired) electrons. The van der Waals surface area contributed by atoms with E-state index in [1.54, 1.807) is 11.6 Å². The van der Waals surface area contributed by atoms with Gasteiger partial charge in [-0.3, -0.25) is 9.48 Å².